The highest BCUT2D eigenvalue weighted by atomic mass is 19.4. The zero-order valence-corrected chi connectivity index (χ0v) is 11.6. The van der Waals surface area contributed by atoms with Gasteiger partial charge in [-0.25, -0.2) is 0 Å². The minimum Gasteiger partial charge on any atom is -0.351 e. The van der Waals surface area contributed by atoms with E-state index in [1.54, 1.807) is 0 Å². The molecule has 3 nitrogen and oxygen atoms in total. The van der Waals surface area contributed by atoms with Crippen molar-refractivity contribution in [3.05, 3.63) is 0 Å². The lowest BCUT2D eigenvalue weighted by atomic mass is 9.84. The molecular formula is C14H23F3N2O. The first-order chi connectivity index (χ1) is 9.48. The number of rotatable bonds is 2. The molecule has 2 fully saturated rings. The van der Waals surface area contributed by atoms with Gasteiger partial charge < -0.3 is 10.6 Å². The van der Waals surface area contributed by atoms with Crippen LogP contribution in [0, 0.1) is 5.92 Å². The van der Waals surface area contributed by atoms with Crippen molar-refractivity contribution >= 4 is 5.91 Å². The Kier molecular flexibility index (Phi) is 5.29. The normalized spacial score (nSPS) is 32.5. The van der Waals surface area contributed by atoms with Crippen molar-refractivity contribution in [2.24, 2.45) is 5.92 Å². The molecule has 0 spiro atoms. The summed E-state index contributed by atoms with van der Waals surface area (Å²) in [6.07, 6.45) is 1.48. The maximum atomic E-state index is 13.0. The van der Waals surface area contributed by atoms with Gasteiger partial charge >= 0.3 is 6.18 Å². The summed E-state index contributed by atoms with van der Waals surface area (Å²) in [6, 6.07) is -1.07. The largest absolute Gasteiger partial charge is 0.393 e. The van der Waals surface area contributed by atoms with Crippen molar-refractivity contribution in [2.75, 3.05) is 6.54 Å². The van der Waals surface area contributed by atoms with Gasteiger partial charge in [-0.1, -0.05) is 25.7 Å². The van der Waals surface area contributed by atoms with Crippen molar-refractivity contribution in [3.63, 3.8) is 0 Å². The van der Waals surface area contributed by atoms with Crippen LogP contribution >= 0.6 is 0 Å². The third kappa shape index (κ3) is 4.11. The van der Waals surface area contributed by atoms with Gasteiger partial charge in [-0.3, -0.25) is 4.79 Å². The molecule has 0 aromatic rings. The molecule has 0 aromatic heterocycles. The molecule has 0 bridgehead atoms. The van der Waals surface area contributed by atoms with Crippen LogP contribution in [0.1, 0.15) is 51.4 Å². The van der Waals surface area contributed by atoms with Gasteiger partial charge in [-0.05, 0) is 32.2 Å². The fourth-order valence-electron chi connectivity index (χ4n) is 3.23. The SMILES string of the molecule is O=C(NC1CCCCC1C(F)(F)F)C1CCCCCN1. The average Bonchev–Trinajstić information content (AvgIpc) is 2.67. The van der Waals surface area contributed by atoms with Gasteiger partial charge in [-0.15, -0.1) is 0 Å². The third-order valence-electron chi connectivity index (χ3n) is 4.39. The minimum absolute atomic E-state index is 0.131. The Bertz CT molecular complexity index is 325. The number of nitrogens with one attached hydrogen (secondary N) is 2. The number of carbonyl (C=O) groups excluding carboxylic acids is 1. The fraction of sp³-hybridized carbons (Fsp3) is 0.929. The molecule has 2 rings (SSSR count). The van der Waals surface area contributed by atoms with Crippen LogP contribution in [0.5, 0.6) is 0 Å². The summed E-state index contributed by atoms with van der Waals surface area (Å²) in [4.78, 5) is 12.2. The molecule has 1 aliphatic heterocycles. The molecular weight excluding hydrogens is 269 g/mol. The maximum Gasteiger partial charge on any atom is 0.393 e. The van der Waals surface area contributed by atoms with Gasteiger partial charge in [0.05, 0.1) is 12.0 Å². The van der Waals surface area contributed by atoms with Gasteiger partial charge in [-0.2, -0.15) is 13.2 Å². The van der Waals surface area contributed by atoms with Crippen LogP contribution in [0.2, 0.25) is 0 Å². The molecule has 2 N–H and O–H groups in total. The van der Waals surface area contributed by atoms with Crippen LogP contribution in [-0.4, -0.2) is 30.7 Å². The Morgan fingerprint density at radius 3 is 2.45 bits per heavy atom. The lowest BCUT2D eigenvalue weighted by Gasteiger charge is -2.34. The van der Waals surface area contributed by atoms with Crippen LogP contribution in [0.15, 0.2) is 0 Å². The van der Waals surface area contributed by atoms with Gasteiger partial charge in [0.1, 0.15) is 0 Å². The van der Waals surface area contributed by atoms with E-state index in [2.05, 4.69) is 10.6 Å². The topological polar surface area (TPSA) is 41.1 Å². The van der Waals surface area contributed by atoms with Crippen molar-refractivity contribution in [1.29, 1.82) is 0 Å². The van der Waals surface area contributed by atoms with E-state index in [0.717, 1.165) is 38.6 Å². The summed E-state index contributed by atoms with van der Waals surface area (Å²) in [6.45, 7) is 0.769. The van der Waals surface area contributed by atoms with Gasteiger partial charge in [0.15, 0.2) is 0 Å². The first kappa shape index (κ1) is 15.6. The summed E-state index contributed by atoms with van der Waals surface area (Å²) < 4.78 is 38.9. The van der Waals surface area contributed by atoms with Crippen molar-refractivity contribution in [2.45, 2.75) is 69.6 Å². The molecule has 0 aromatic carbocycles. The Labute approximate surface area is 117 Å². The first-order valence-corrected chi connectivity index (χ1v) is 7.59. The Morgan fingerprint density at radius 1 is 1.00 bits per heavy atom. The van der Waals surface area contributed by atoms with E-state index in [1.807, 2.05) is 0 Å². The predicted octanol–water partition coefficient (Wildman–Crippen LogP) is 2.76. The van der Waals surface area contributed by atoms with Crippen LogP contribution in [-0.2, 0) is 4.79 Å². The molecule has 2 aliphatic rings. The van der Waals surface area contributed by atoms with E-state index in [1.165, 1.54) is 0 Å². The monoisotopic (exact) mass is 292 g/mol. The molecule has 1 heterocycles. The Morgan fingerprint density at radius 2 is 1.70 bits per heavy atom. The zero-order chi connectivity index (χ0) is 14.6. The molecule has 20 heavy (non-hydrogen) atoms. The van der Waals surface area contributed by atoms with E-state index in [9.17, 15) is 18.0 Å². The Balaban J connectivity index is 1.93. The lowest BCUT2D eigenvalue weighted by Crippen LogP contribution is -2.53. The highest BCUT2D eigenvalue weighted by molar-refractivity contribution is 5.82. The van der Waals surface area contributed by atoms with E-state index < -0.39 is 18.1 Å². The van der Waals surface area contributed by atoms with Crippen LogP contribution < -0.4 is 10.6 Å². The lowest BCUT2D eigenvalue weighted by molar-refractivity contribution is -0.189. The zero-order valence-electron chi connectivity index (χ0n) is 11.6. The summed E-state index contributed by atoms with van der Waals surface area (Å²) in [5, 5.41) is 5.78. The highest BCUT2D eigenvalue weighted by Gasteiger charge is 2.46. The Hall–Kier alpha value is -0.780. The van der Waals surface area contributed by atoms with Crippen LogP contribution in [0.4, 0.5) is 13.2 Å². The molecule has 3 atom stereocenters. The molecule has 1 aliphatic carbocycles. The fourth-order valence-corrected chi connectivity index (χ4v) is 3.23. The van der Waals surface area contributed by atoms with Gasteiger partial charge in [0.25, 0.3) is 0 Å². The smallest absolute Gasteiger partial charge is 0.351 e. The van der Waals surface area contributed by atoms with E-state index in [4.69, 9.17) is 0 Å². The van der Waals surface area contributed by atoms with Crippen molar-refractivity contribution in [3.8, 4) is 0 Å². The standard InChI is InChI=1S/C14H23F3N2O/c15-14(16,17)10-6-3-4-7-11(10)19-13(20)12-8-2-1-5-9-18-12/h10-12,18H,1-9H2,(H,19,20). The van der Waals surface area contributed by atoms with Crippen LogP contribution in [0.25, 0.3) is 0 Å². The van der Waals surface area contributed by atoms with Gasteiger partial charge in [0.2, 0.25) is 5.91 Å². The van der Waals surface area contributed by atoms with E-state index in [0.29, 0.717) is 12.8 Å². The molecule has 116 valence electrons. The molecule has 3 unspecified atom stereocenters. The average molecular weight is 292 g/mol. The molecule has 0 radical (unpaired) electrons. The van der Waals surface area contributed by atoms with Crippen LogP contribution in [0.3, 0.4) is 0 Å². The maximum absolute atomic E-state index is 13.0. The second-order valence-corrected chi connectivity index (χ2v) is 5.90. The number of carbonyl (C=O) groups is 1. The molecule has 1 saturated carbocycles. The van der Waals surface area contributed by atoms with Gasteiger partial charge in [0, 0.05) is 6.04 Å². The number of halogens is 3. The van der Waals surface area contributed by atoms with E-state index >= 15 is 0 Å². The number of hydrogen-bond acceptors (Lipinski definition) is 2. The molecule has 1 saturated heterocycles. The molecule has 6 heteroatoms. The minimum atomic E-state index is -4.21. The van der Waals surface area contributed by atoms with Crippen molar-refractivity contribution < 1.29 is 18.0 Å². The van der Waals surface area contributed by atoms with E-state index in [-0.39, 0.29) is 18.4 Å². The number of amides is 1. The van der Waals surface area contributed by atoms with Crippen molar-refractivity contribution in [1.82, 2.24) is 10.6 Å². The first-order valence-electron chi connectivity index (χ1n) is 7.59. The summed E-state index contributed by atoms with van der Waals surface area (Å²) in [5.74, 6) is -1.64. The number of alkyl halides is 3. The number of hydrogen-bond donors (Lipinski definition) is 2. The quantitative estimate of drug-likeness (QED) is 0.821. The third-order valence-corrected chi connectivity index (χ3v) is 4.39. The second-order valence-electron chi connectivity index (χ2n) is 5.90. The summed E-state index contributed by atoms with van der Waals surface area (Å²) in [5.41, 5.74) is 0. The summed E-state index contributed by atoms with van der Waals surface area (Å²) in [7, 11) is 0. The summed E-state index contributed by atoms with van der Waals surface area (Å²) >= 11 is 0. The second kappa shape index (κ2) is 6.78. The highest BCUT2D eigenvalue weighted by Crippen LogP contribution is 2.37. The molecule has 1 amide bonds. The predicted molar refractivity (Wildman–Crippen MR) is 70.2 cm³/mol.